The lowest BCUT2D eigenvalue weighted by atomic mass is 9.76. The molecule has 1 heterocycles. The number of piperidine rings is 1. The second-order valence-electron chi connectivity index (χ2n) is 4.64. The minimum absolute atomic E-state index is 0.763. The van der Waals surface area contributed by atoms with Gasteiger partial charge in [-0.2, -0.15) is 0 Å². The van der Waals surface area contributed by atoms with Gasteiger partial charge in [-0.3, -0.25) is 0 Å². The van der Waals surface area contributed by atoms with E-state index < -0.39 is 0 Å². The molecule has 1 N–H and O–H groups in total. The van der Waals surface area contributed by atoms with Gasteiger partial charge in [0, 0.05) is 6.04 Å². The summed E-state index contributed by atoms with van der Waals surface area (Å²) in [7, 11) is 0. The van der Waals surface area contributed by atoms with Crippen molar-refractivity contribution in [2.75, 3.05) is 6.54 Å². The Hall–Kier alpha value is -0.820. The van der Waals surface area contributed by atoms with E-state index in [4.69, 9.17) is 0 Å². The molecular formula is C13H17N. The molecule has 2 atom stereocenters. The first-order valence-electron chi connectivity index (χ1n) is 5.73. The van der Waals surface area contributed by atoms with E-state index in [9.17, 15) is 0 Å². The molecule has 1 nitrogen and oxygen atoms in total. The maximum atomic E-state index is 3.66. The van der Waals surface area contributed by atoms with Crippen LogP contribution in [0, 0.1) is 5.92 Å². The molecule has 1 aliphatic heterocycles. The van der Waals surface area contributed by atoms with Crippen molar-refractivity contribution in [1.29, 1.82) is 0 Å². The van der Waals surface area contributed by atoms with Crippen molar-refractivity contribution in [2.24, 2.45) is 5.92 Å². The Morgan fingerprint density at radius 1 is 1.07 bits per heavy atom. The summed E-state index contributed by atoms with van der Waals surface area (Å²) in [6.45, 7) is 1.23. The van der Waals surface area contributed by atoms with E-state index in [2.05, 4.69) is 29.6 Å². The molecule has 0 saturated carbocycles. The molecule has 0 spiro atoms. The summed E-state index contributed by atoms with van der Waals surface area (Å²) < 4.78 is 0. The van der Waals surface area contributed by atoms with Crippen LogP contribution in [0.4, 0.5) is 0 Å². The Labute approximate surface area is 85.5 Å². The molecule has 1 aliphatic carbocycles. The second kappa shape index (κ2) is 3.39. The van der Waals surface area contributed by atoms with E-state index in [1.54, 1.807) is 11.1 Å². The highest BCUT2D eigenvalue weighted by Crippen LogP contribution is 2.30. The maximum Gasteiger partial charge on any atom is 0.0139 e. The lowest BCUT2D eigenvalue weighted by molar-refractivity contribution is 0.263. The third-order valence-corrected chi connectivity index (χ3v) is 3.77. The molecule has 1 fully saturated rings. The van der Waals surface area contributed by atoms with Gasteiger partial charge in [0.05, 0.1) is 0 Å². The van der Waals surface area contributed by atoms with Gasteiger partial charge in [0.25, 0.3) is 0 Å². The van der Waals surface area contributed by atoms with Crippen LogP contribution < -0.4 is 5.32 Å². The van der Waals surface area contributed by atoms with Crippen molar-refractivity contribution in [3.05, 3.63) is 35.4 Å². The van der Waals surface area contributed by atoms with Crippen LogP contribution >= 0.6 is 0 Å². The average Bonchev–Trinajstić information content (AvgIpc) is 2.26. The monoisotopic (exact) mass is 187 g/mol. The highest BCUT2D eigenvalue weighted by Gasteiger charge is 2.29. The molecule has 3 rings (SSSR count). The number of hydrogen-bond acceptors (Lipinski definition) is 1. The van der Waals surface area contributed by atoms with Gasteiger partial charge in [0.15, 0.2) is 0 Å². The predicted molar refractivity (Wildman–Crippen MR) is 58.4 cm³/mol. The summed E-state index contributed by atoms with van der Waals surface area (Å²) >= 11 is 0. The lowest BCUT2D eigenvalue weighted by Crippen LogP contribution is -2.45. The Kier molecular flexibility index (Phi) is 2.06. The van der Waals surface area contributed by atoms with Crippen LogP contribution in [-0.4, -0.2) is 12.6 Å². The van der Waals surface area contributed by atoms with E-state index in [-0.39, 0.29) is 0 Å². The average molecular weight is 187 g/mol. The number of rotatable bonds is 0. The third-order valence-electron chi connectivity index (χ3n) is 3.77. The summed E-state index contributed by atoms with van der Waals surface area (Å²) in [4.78, 5) is 0. The fourth-order valence-electron chi connectivity index (χ4n) is 2.98. The van der Waals surface area contributed by atoms with Gasteiger partial charge in [-0.25, -0.2) is 0 Å². The van der Waals surface area contributed by atoms with Gasteiger partial charge in [0.2, 0.25) is 0 Å². The first-order chi connectivity index (χ1) is 6.93. The summed E-state index contributed by atoms with van der Waals surface area (Å²) in [5, 5.41) is 3.66. The first kappa shape index (κ1) is 8.49. The maximum absolute atomic E-state index is 3.66. The fraction of sp³-hybridized carbons (Fsp3) is 0.538. The van der Waals surface area contributed by atoms with Crippen LogP contribution in [-0.2, 0) is 12.8 Å². The first-order valence-corrected chi connectivity index (χ1v) is 5.73. The normalized spacial score (nSPS) is 30.6. The van der Waals surface area contributed by atoms with Gasteiger partial charge in [-0.1, -0.05) is 24.3 Å². The number of nitrogens with one attached hydrogen (secondary N) is 1. The second-order valence-corrected chi connectivity index (χ2v) is 4.64. The number of hydrogen-bond donors (Lipinski definition) is 1. The summed E-state index contributed by atoms with van der Waals surface area (Å²) in [5.41, 5.74) is 3.17. The van der Waals surface area contributed by atoms with Crippen molar-refractivity contribution in [3.63, 3.8) is 0 Å². The van der Waals surface area contributed by atoms with Crippen molar-refractivity contribution in [3.8, 4) is 0 Å². The summed E-state index contributed by atoms with van der Waals surface area (Å²) in [5.74, 6) is 0.902. The van der Waals surface area contributed by atoms with Crippen molar-refractivity contribution in [1.82, 2.24) is 5.32 Å². The van der Waals surface area contributed by atoms with E-state index >= 15 is 0 Å². The van der Waals surface area contributed by atoms with E-state index in [0.29, 0.717) is 0 Å². The molecule has 1 saturated heterocycles. The Morgan fingerprint density at radius 2 is 1.86 bits per heavy atom. The molecule has 0 bridgehead atoms. The SMILES string of the molecule is c1ccc2c(c1)C[C@@H]1CCCN[C@@H]1C2. The van der Waals surface area contributed by atoms with Crippen LogP contribution in [0.25, 0.3) is 0 Å². The standard InChI is InChI=1S/C13H17N/c1-2-5-11-9-13-12(6-3-7-14-13)8-10(11)4-1/h1-2,4-5,12-14H,3,6-9H2/t12-,13+/m0/s1. The Morgan fingerprint density at radius 3 is 2.71 bits per heavy atom. The highest BCUT2D eigenvalue weighted by atomic mass is 14.9. The molecule has 14 heavy (non-hydrogen) atoms. The molecule has 2 aliphatic rings. The van der Waals surface area contributed by atoms with E-state index in [1.165, 1.54) is 32.2 Å². The van der Waals surface area contributed by atoms with Crippen LogP contribution in [0.2, 0.25) is 0 Å². The van der Waals surface area contributed by atoms with Gasteiger partial charge < -0.3 is 5.32 Å². The number of benzene rings is 1. The van der Waals surface area contributed by atoms with Crippen LogP contribution in [0.1, 0.15) is 24.0 Å². The van der Waals surface area contributed by atoms with Crippen molar-refractivity contribution >= 4 is 0 Å². The van der Waals surface area contributed by atoms with E-state index in [0.717, 1.165) is 12.0 Å². The van der Waals surface area contributed by atoms with Crippen LogP contribution in [0.5, 0.6) is 0 Å². The largest absolute Gasteiger partial charge is 0.313 e. The van der Waals surface area contributed by atoms with Crippen molar-refractivity contribution < 1.29 is 0 Å². The van der Waals surface area contributed by atoms with Crippen molar-refractivity contribution in [2.45, 2.75) is 31.7 Å². The predicted octanol–water partition coefficient (Wildman–Crippen LogP) is 2.15. The molecule has 1 heteroatoms. The lowest BCUT2D eigenvalue weighted by Gasteiger charge is -2.37. The molecule has 0 unspecified atom stereocenters. The zero-order chi connectivity index (χ0) is 9.38. The van der Waals surface area contributed by atoms with Gasteiger partial charge in [0.1, 0.15) is 0 Å². The molecule has 1 aromatic carbocycles. The smallest absolute Gasteiger partial charge is 0.0139 e. The topological polar surface area (TPSA) is 12.0 Å². The van der Waals surface area contributed by atoms with E-state index in [1.807, 2.05) is 0 Å². The molecular weight excluding hydrogens is 170 g/mol. The molecule has 1 aromatic rings. The number of fused-ring (bicyclic) bond motifs is 2. The summed E-state index contributed by atoms with van der Waals surface area (Å²) in [6, 6.07) is 9.71. The van der Waals surface area contributed by atoms with Gasteiger partial charge in [-0.15, -0.1) is 0 Å². The zero-order valence-corrected chi connectivity index (χ0v) is 8.50. The Balaban J connectivity index is 1.91. The molecule has 0 aromatic heterocycles. The van der Waals surface area contributed by atoms with Crippen LogP contribution in [0.15, 0.2) is 24.3 Å². The van der Waals surface area contributed by atoms with Crippen LogP contribution in [0.3, 0.4) is 0 Å². The third kappa shape index (κ3) is 1.36. The minimum atomic E-state index is 0.763. The molecule has 74 valence electrons. The molecule has 0 radical (unpaired) electrons. The van der Waals surface area contributed by atoms with Gasteiger partial charge in [-0.05, 0) is 49.3 Å². The summed E-state index contributed by atoms with van der Waals surface area (Å²) in [6.07, 6.45) is 5.34. The molecule has 0 amide bonds. The Bertz CT molecular complexity index is 299. The fourth-order valence-corrected chi connectivity index (χ4v) is 2.98. The zero-order valence-electron chi connectivity index (χ0n) is 8.50. The minimum Gasteiger partial charge on any atom is -0.313 e. The quantitative estimate of drug-likeness (QED) is 0.656. The van der Waals surface area contributed by atoms with Gasteiger partial charge >= 0.3 is 0 Å². The highest BCUT2D eigenvalue weighted by molar-refractivity contribution is 5.31.